The summed E-state index contributed by atoms with van der Waals surface area (Å²) in [6.07, 6.45) is 0.365. The number of Topliss-reactive ketones (excluding diaryl/α,β-unsaturated/α-hetero) is 1. The standard InChI is InChI=1S/C17H18N4O/c18-21-20-12-11-19-16(14-7-3-1-4-8-14)13-17(22)15-9-5-2-6-10-15/h1-10,16,19H,11-13H2. The number of nitrogens with one attached hydrogen (secondary N) is 1. The molecule has 0 fully saturated rings. The van der Waals surface area contributed by atoms with Crippen LogP contribution in [-0.2, 0) is 0 Å². The van der Waals surface area contributed by atoms with Gasteiger partial charge in [-0.25, -0.2) is 0 Å². The highest BCUT2D eigenvalue weighted by atomic mass is 16.1. The molecular weight excluding hydrogens is 276 g/mol. The number of hydrogen-bond acceptors (Lipinski definition) is 3. The van der Waals surface area contributed by atoms with Gasteiger partial charge in [-0.15, -0.1) is 0 Å². The van der Waals surface area contributed by atoms with E-state index in [2.05, 4.69) is 15.3 Å². The summed E-state index contributed by atoms with van der Waals surface area (Å²) in [5.74, 6) is 0.0886. The predicted octanol–water partition coefficient (Wildman–Crippen LogP) is 3.90. The van der Waals surface area contributed by atoms with E-state index in [4.69, 9.17) is 5.53 Å². The van der Waals surface area contributed by atoms with Crippen LogP contribution in [0.25, 0.3) is 10.4 Å². The van der Waals surface area contributed by atoms with Crippen LogP contribution >= 0.6 is 0 Å². The topological polar surface area (TPSA) is 77.9 Å². The molecule has 0 heterocycles. The maximum absolute atomic E-state index is 12.4. The number of benzene rings is 2. The maximum atomic E-state index is 12.4. The summed E-state index contributed by atoms with van der Waals surface area (Å²) in [5.41, 5.74) is 10.1. The molecule has 0 aliphatic carbocycles. The zero-order valence-corrected chi connectivity index (χ0v) is 12.2. The summed E-state index contributed by atoms with van der Waals surface area (Å²) < 4.78 is 0. The van der Waals surface area contributed by atoms with Gasteiger partial charge in [0.1, 0.15) is 0 Å². The van der Waals surface area contributed by atoms with Crippen LogP contribution in [0.2, 0.25) is 0 Å². The SMILES string of the molecule is [N-]=[N+]=NCCNC(CC(=O)c1ccccc1)c1ccccc1. The lowest BCUT2D eigenvalue weighted by Gasteiger charge is -2.18. The Hall–Kier alpha value is -2.62. The first-order valence-corrected chi connectivity index (χ1v) is 7.18. The van der Waals surface area contributed by atoms with Crippen molar-refractivity contribution in [3.63, 3.8) is 0 Å². The second kappa shape index (κ2) is 8.62. The molecule has 5 nitrogen and oxygen atoms in total. The van der Waals surface area contributed by atoms with Gasteiger partial charge < -0.3 is 5.32 Å². The third-order valence-electron chi connectivity index (χ3n) is 3.35. The van der Waals surface area contributed by atoms with E-state index in [-0.39, 0.29) is 11.8 Å². The highest BCUT2D eigenvalue weighted by Crippen LogP contribution is 2.19. The lowest BCUT2D eigenvalue weighted by molar-refractivity contribution is 0.0969. The van der Waals surface area contributed by atoms with Crippen molar-refractivity contribution < 1.29 is 4.79 Å². The van der Waals surface area contributed by atoms with E-state index in [1.54, 1.807) is 0 Å². The molecule has 0 amide bonds. The molecule has 22 heavy (non-hydrogen) atoms. The maximum Gasteiger partial charge on any atom is 0.164 e. The summed E-state index contributed by atoms with van der Waals surface area (Å²) in [6, 6.07) is 19.0. The van der Waals surface area contributed by atoms with Crippen LogP contribution in [0.5, 0.6) is 0 Å². The largest absolute Gasteiger partial charge is 0.309 e. The Bertz CT molecular complexity index is 636. The fraction of sp³-hybridized carbons (Fsp3) is 0.235. The van der Waals surface area contributed by atoms with Gasteiger partial charge in [-0.05, 0) is 11.1 Å². The van der Waals surface area contributed by atoms with Crippen molar-refractivity contribution in [2.45, 2.75) is 12.5 Å². The van der Waals surface area contributed by atoms with Crippen LogP contribution in [0.3, 0.4) is 0 Å². The third kappa shape index (κ3) is 4.74. The molecule has 1 N–H and O–H groups in total. The third-order valence-corrected chi connectivity index (χ3v) is 3.35. The average Bonchev–Trinajstić information content (AvgIpc) is 2.59. The molecule has 1 unspecified atom stereocenters. The van der Waals surface area contributed by atoms with Crippen LogP contribution in [-0.4, -0.2) is 18.9 Å². The fourth-order valence-corrected chi connectivity index (χ4v) is 2.25. The number of nitrogens with zero attached hydrogens (tertiary/aromatic N) is 3. The monoisotopic (exact) mass is 294 g/mol. The van der Waals surface area contributed by atoms with E-state index in [1.165, 1.54) is 0 Å². The predicted molar refractivity (Wildman–Crippen MR) is 86.6 cm³/mol. The molecule has 0 saturated carbocycles. The second-order valence-electron chi connectivity index (χ2n) is 4.87. The Labute approximate surface area is 129 Å². The molecule has 0 spiro atoms. The van der Waals surface area contributed by atoms with Crippen molar-refractivity contribution in [1.29, 1.82) is 0 Å². The Morgan fingerprint density at radius 2 is 1.73 bits per heavy atom. The van der Waals surface area contributed by atoms with E-state index in [1.807, 2.05) is 60.7 Å². The average molecular weight is 294 g/mol. The number of carbonyl (C=O) groups is 1. The van der Waals surface area contributed by atoms with E-state index in [0.29, 0.717) is 25.1 Å². The van der Waals surface area contributed by atoms with Crippen molar-refractivity contribution in [3.8, 4) is 0 Å². The van der Waals surface area contributed by atoms with Crippen molar-refractivity contribution in [2.75, 3.05) is 13.1 Å². The molecular formula is C17H18N4O. The molecule has 2 aromatic carbocycles. The smallest absolute Gasteiger partial charge is 0.164 e. The quantitative estimate of drug-likeness (QED) is 0.263. The molecule has 1 atom stereocenters. The van der Waals surface area contributed by atoms with Crippen LogP contribution in [0, 0.1) is 0 Å². The fourth-order valence-electron chi connectivity index (χ4n) is 2.25. The Balaban J connectivity index is 2.07. The van der Waals surface area contributed by atoms with Gasteiger partial charge in [-0.2, -0.15) is 0 Å². The van der Waals surface area contributed by atoms with Gasteiger partial charge in [-0.3, -0.25) is 4.79 Å². The van der Waals surface area contributed by atoms with Crippen molar-refractivity contribution >= 4 is 5.78 Å². The van der Waals surface area contributed by atoms with E-state index in [9.17, 15) is 4.79 Å². The van der Waals surface area contributed by atoms with Crippen LogP contribution in [0.15, 0.2) is 65.8 Å². The van der Waals surface area contributed by atoms with E-state index >= 15 is 0 Å². The van der Waals surface area contributed by atoms with E-state index < -0.39 is 0 Å². The first kappa shape index (κ1) is 15.8. The van der Waals surface area contributed by atoms with Gasteiger partial charge in [0.2, 0.25) is 0 Å². The minimum Gasteiger partial charge on any atom is -0.309 e. The molecule has 0 aromatic heterocycles. The Morgan fingerprint density at radius 1 is 1.09 bits per heavy atom. The van der Waals surface area contributed by atoms with Crippen molar-refractivity contribution in [1.82, 2.24) is 5.32 Å². The summed E-state index contributed by atoms with van der Waals surface area (Å²) in [4.78, 5) is 15.1. The van der Waals surface area contributed by atoms with E-state index in [0.717, 1.165) is 5.56 Å². The minimum atomic E-state index is -0.0946. The van der Waals surface area contributed by atoms with Gasteiger partial charge in [0, 0.05) is 36.0 Å². The number of ketones is 1. The van der Waals surface area contributed by atoms with Crippen LogP contribution in [0.4, 0.5) is 0 Å². The zero-order valence-electron chi connectivity index (χ0n) is 12.2. The van der Waals surface area contributed by atoms with Gasteiger partial charge >= 0.3 is 0 Å². The van der Waals surface area contributed by atoms with Gasteiger partial charge in [0.25, 0.3) is 0 Å². The highest BCUT2D eigenvalue weighted by Gasteiger charge is 2.16. The molecule has 5 heteroatoms. The first-order chi connectivity index (χ1) is 10.8. The van der Waals surface area contributed by atoms with Crippen molar-refractivity contribution in [2.24, 2.45) is 5.11 Å². The molecule has 0 radical (unpaired) electrons. The summed E-state index contributed by atoms with van der Waals surface area (Å²) in [7, 11) is 0. The number of rotatable bonds is 8. The second-order valence-corrected chi connectivity index (χ2v) is 4.87. The number of azide groups is 1. The Kier molecular flexibility index (Phi) is 6.18. The molecule has 2 rings (SSSR count). The van der Waals surface area contributed by atoms with Gasteiger partial charge in [0.15, 0.2) is 5.78 Å². The number of hydrogen-bond donors (Lipinski definition) is 1. The molecule has 112 valence electrons. The first-order valence-electron chi connectivity index (χ1n) is 7.18. The molecule has 0 bridgehead atoms. The van der Waals surface area contributed by atoms with Crippen molar-refractivity contribution in [3.05, 3.63) is 82.2 Å². The minimum absolute atomic E-state index is 0.0886. The Morgan fingerprint density at radius 3 is 2.36 bits per heavy atom. The summed E-state index contributed by atoms with van der Waals surface area (Å²) >= 11 is 0. The summed E-state index contributed by atoms with van der Waals surface area (Å²) in [6.45, 7) is 0.894. The molecule has 0 saturated heterocycles. The van der Waals surface area contributed by atoms with Gasteiger partial charge in [0.05, 0.1) is 0 Å². The van der Waals surface area contributed by atoms with Crippen LogP contribution in [0.1, 0.15) is 28.4 Å². The highest BCUT2D eigenvalue weighted by molar-refractivity contribution is 5.96. The lowest BCUT2D eigenvalue weighted by atomic mass is 9.98. The molecule has 0 aliphatic heterocycles. The number of carbonyl (C=O) groups excluding carboxylic acids is 1. The molecule has 0 aliphatic rings. The van der Waals surface area contributed by atoms with Gasteiger partial charge in [-0.1, -0.05) is 65.8 Å². The van der Waals surface area contributed by atoms with Crippen LogP contribution < -0.4 is 5.32 Å². The molecule has 2 aromatic rings. The normalized spacial score (nSPS) is 11.5. The summed E-state index contributed by atoms with van der Waals surface area (Å²) in [5, 5.41) is 6.79. The zero-order chi connectivity index (χ0) is 15.6. The lowest BCUT2D eigenvalue weighted by Crippen LogP contribution is -2.26.